The van der Waals surface area contributed by atoms with Crippen LogP contribution in [0.5, 0.6) is 0 Å². The van der Waals surface area contributed by atoms with Crippen molar-refractivity contribution in [3.05, 3.63) is 58.6 Å². The molecule has 0 bridgehead atoms. The molecule has 29 heavy (non-hydrogen) atoms. The molecule has 0 radical (unpaired) electrons. The predicted octanol–water partition coefficient (Wildman–Crippen LogP) is 5.21. The Morgan fingerprint density at radius 1 is 1.24 bits per heavy atom. The van der Waals surface area contributed by atoms with E-state index < -0.39 is 0 Å². The van der Waals surface area contributed by atoms with Crippen LogP contribution in [0.4, 0.5) is 5.13 Å². The van der Waals surface area contributed by atoms with Gasteiger partial charge in [-0.2, -0.15) is 0 Å². The van der Waals surface area contributed by atoms with Crippen LogP contribution in [-0.4, -0.2) is 15.5 Å². The fourth-order valence-electron chi connectivity index (χ4n) is 4.22. The maximum atomic E-state index is 12.0. The molecule has 0 atom stereocenters. The van der Waals surface area contributed by atoms with E-state index in [1.807, 2.05) is 31.2 Å². The quantitative estimate of drug-likeness (QED) is 0.563. The molecule has 0 saturated heterocycles. The van der Waals surface area contributed by atoms with Crippen molar-refractivity contribution in [1.82, 2.24) is 9.55 Å². The smallest absolute Gasteiger partial charge is 0.250 e. The average Bonchev–Trinajstić information content (AvgIpc) is 3.33. The lowest BCUT2D eigenvalue weighted by Crippen LogP contribution is -2.17. The van der Waals surface area contributed by atoms with Crippen molar-refractivity contribution in [3.8, 4) is 11.4 Å². The molecule has 3 aromatic rings. The first-order valence-corrected chi connectivity index (χ1v) is 11.2. The van der Waals surface area contributed by atoms with E-state index in [1.165, 1.54) is 37.7 Å². The Morgan fingerprint density at radius 3 is 2.72 bits per heavy atom. The Kier molecular flexibility index (Phi) is 6.00. The largest absolute Gasteiger partial charge is 0.366 e. The van der Waals surface area contributed by atoms with E-state index in [9.17, 15) is 4.79 Å². The zero-order chi connectivity index (χ0) is 20.2. The number of anilines is 1. The van der Waals surface area contributed by atoms with Crippen molar-refractivity contribution in [2.75, 3.05) is 5.32 Å². The molecular weight excluding hydrogens is 380 g/mol. The van der Waals surface area contributed by atoms with E-state index in [0.29, 0.717) is 11.5 Å². The second-order valence-electron chi connectivity index (χ2n) is 7.88. The lowest BCUT2D eigenvalue weighted by atomic mass is 9.89. The highest BCUT2D eigenvalue weighted by molar-refractivity contribution is 7.14. The number of carbonyl (C=O) groups excluding carboxylic acids is 1. The number of nitrogens with one attached hydrogen (secondary N) is 1. The maximum Gasteiger partial charge on any atom is 0.250 e. The monoisotopic (exact) mass is 408 g/mol. The number of amides is 1. The summed E-state index contributed by atoms with van der Waals surface area (Å²) in [5, 5.41) is 6.34. The molecule has 2 heterocycles. The number of primary amides is 1. The van der Waals surface area contributed by atoms with Gasteiger partial charge in [0.05, 0.1) is 17.0 Å². The van der Waals surface area contributed by atoms with Crippen molar-refractivity contribution in [2.24, 2.45) is 11.7 Å². The van der Waals surface area contributed by atoms with Gasteiger partial charge in [0.25, 0.3) is 5.91 Å². The van der Waals surface area contributed by atoms with Gasteiger partial charge in [-0.05, 0) is 37.3 Å². The number of aromatic nitrogens is 2. The van der Waals surface area contributed by atoms with E-state index in [4.69, 9.17) is 10.7 Å². The highest BCUT2D eigenvalue weighted by Gasteiger charge is 2.22. The van der Waals surface area contributed by atoms with Crippen LogP contribution >= 0.6 is 11.3 Å². The number of carbonyl (C=O) groups is 1. The molecule has 0 aliphatic heterocycles. The molecule has 6 heteroatoms. The third-order valence-electron chi connectivity index (χ3n) is 5.85. The molecule has 1 saturated carbocycles. The Bertz CT molecular complexity index is 970. The van der Waals surface area contributed by atoms with Crippen LogP contribution in [0.15, 0.2) is 41.8 Å². The lowest BCUT2D eigenvalue weighted by Gasteiger charge is -2.24. The van der Waals surface area contributed by atoms with Gasteiger partial charge in [-0.15, -0.1) is 11.3 Å². The molecule has 0 spiro atoms. The molecule has 3 N–H and O–H groups in total. The van der Waals surface area contributed by atoms with Gasteiger partial charge in [0.2, 0.25) is 0 Å². The van der Waals surface area contributed by atoms with Crippen LogP contribution in [0.2, 0.25) is 0 Å². The first-order valence-electron chi connectivity index (χ1n) is 10.4. The molecule has 2 aromatic heterocycles. The van der Waals surface area contributed by atoms with E-state index in [2.05, 4.69) is 27.4 Å². The second-order valence-corrected chi connectivity index (χ2v) is 8.74. The summed E-state index contributed by atoms with van der Waals surface area (Å²) in [4.78, 5) is 16.8. The molecular formula is C23H28N4OS. The van der Waals surface area contributed by atoms with Crippen molar-refractivity contribution in [2.45, 2.75) is 52.1 Å². The highest BCUT2D eigenvalue weighted by atomic mass is 32.1. The van der Waals surface area contributed by atoms with Crippen molar-refractivity contribution in [3.63, 3.8) is 0 Å². The van der Waals surface area contributed by atoms with Gasteiger partial charge in [0.15, 0.2) is 5.13 Å². The van der Waals surface area contributed by atoms with Crippen LogP contribution in [0.25, 0.3) is 11.4 Å². The van der Waals surface area contributed by atoms with E-state index >= 15 is 0 Å². The van der Waals surface area contributed by atoms with Crippen molar-refractivity contribution < 1.29 is 4.79 Å². The van der Waals surface area contributed by atoms with Gasteiger partial charge in [0.1, 0.15) is 0 Å². The molecule has 1 aromatic carbocycles. The van der Waals surface area contributed by atoms with Gasteiger partial charge in [-0.3, -0.25) is 4.79 Å². The number of benzene rings is 1. The summed E-state index contributed by atoms with van der Waals surface area (Å²) in [5.74, 6) is 0.285. The molecule has 152 valence electrons. The summed E-state index contributed by atoms with van der Waals surface area (Å²) in [7, 11) is 0. The van der Waals surface area contributed by atoms with Crippen LogP contribution in [0.1, 0.15) is 53.7 Å². The Labute approximate surface area is 176 Å². The fraction of sp³-hybridized carbons (Fsp3) is 0.391. The van der Waals surface area contributed by atoms with Gasteiger partial charge in [-0.1, -0.05) is 49.6 Å². The molecule has 1 fully saturated rings. The second kappa shape index (κ2) is 8.82. The van der Waals surface area contributed by atoms with Gasteiger partial charge >= 0.3 is 0 Å². The maximum absolute atomic E-state index is 12.0. The van der Waals surface area contributed by atoms with Crippen molar-refractivity contribution >= 4 is 22.4 Å². The Balaban J connectivity index is 1.57. The van der Waals surface area contributed by atoms with Crippen LogP contribution < -0.4 is 11.1 Å². The average molecular weight is 409 g/mol. The normalized spacial score (nSPS) is 14.8. The van der Waals surface area contributed by atoms with E-state index in [0.717, 1.165) is 35.3 Å². The number of nitrogens with two attached hydrogens (primary N) is 1. The van der Waals surface area contributed by atoms with Crippen LogP contribution in [-0.2, 0) is 13.1 Å². The highest BCUT2D eigenvalue weighted by Crippen LogP contribution is 2.32. The topological polar surface area (TPSA) is 72.9 Å². The number of hydrogen-bond donors (Lipinski definition) is 2. The van der Waals surface area contributed by atoms with Gasteiger partial charge < -0.3 is 15.6 Å². The summed E-state index contributed by atoms with van der Waals surface area (Å²) < 4.78 is 2.26. The molecule has 4 rings (SSSR count). The van der Waals surface area contributed by atoms with Crippen LogP contribution in [0.3, 0.4) is 0 Å². The zero-order valence-electron chi connectivity index (χ0n) is 16.9. The minimum atomic E-state index is -0.371. The molecule has 1 aliphatic carbocycles. The third-order valence-corrected chi connectivity index (χ3v) is 6.65. The van der Waals surface area contributed by atoms with Gasteiger partial charge in [-0.25, -0.2) is 4.98 Å². The number of thiazole rings is 1. The molecule has 0 unspecified atom stereocenters. The minimum absolute atomic E-state index is 0.371. The zero-order valence-corrected chi connectivity index (χ0v) is 17.7. The van der Waals surface area contributed by atoms with Crippen LogP contribution in [0, 0.1) is 12.8 Å². The number of nitrogens with zero attached hydrogens (tertiary/aromatic N) is 2. The minimum Gasteiger partial charge on any atom is -0.366 e. The summed E-state index contributed by atoms with van der Waals surface area (Å²) in [6.45, 7) is 3.66. The predicted molar refractivity (Wildman–Crippen MR) is 119 cm³/mol. The number of hydrogen-bond acceptors (Lipinski definition) is 4. The van der Waals surface area contributed by atoms with Gasteiger partial charge in [0, 0.05) is 24.2 Å². The molecule has 5 nitrogen and oxygen atoms in total. The van der Waals surface area contributed by atoms with E-state index in [1.54, 1.807) is 11.3 Å². The molecule has 1 aliphatic rings. The standard InChI is InChI=1S/C23H28N4OS/c1-16-19(22(24)28)12-21(27(16)14-18-10-6-3-7-11-18)20-15-29-23(26-20)25-13-17-8-4-2-5-9-17/h2,4-5,8-9,12,15,18H,3,6-7,10-11,13-14H2,1H3,(H2,24,28)(H,25,26). The SMILES string of the molecule is Cc1c(C(N)=O)cc(-c2csc(NCc3ccccc3)n2)n1CC1CCCCC1. The molecule has 1 amide bonds. The Hall–Kier alpha value is -2.60. The fourth-order valence-corrected chi connectivity index (χ4v) is 4.92. The first kappa shape index (κ1) is 19.7. The van der Waals surface area contributed by atoms with Crippen molar-refractivity contribution in [1.29, 1.82) is 0 Å². The lowest BCUT2D eigenvalue weighted by molar-refractivity contribution is 0.0999. The summed E-state index contributed by atoms with van der Waals surface area (Å²) >= 11 is 1.59. The summed E-state index contributed by atoms with van der Waals surface area (Å²) in [6, 6.07) is 12.2. The summed E-state index contributed by atoms with van der Waals surface area (Å²) in [6.07, 6.45) is 6.44. The number of rotatable bonds is 7. The first-order chi connectivity index (χ1) is 14.1. The summed E-state index contributed by atoms with van der Waals surface area (Å²) in [5.41, 5.74) is 10.3. The third kappa shape index (κ3) is 4.53. The van der Waals surface area contributed by atoms with E-state index in [-0.39, 0.29) is 5.91 Å². The Morgan fingerprint density at radius 2 is 2.00 bits per heavy atom.